The maximum atomic E-state index is 9.19. The molecule has 2 atom stereocenters. The molecule has 4 aromatic carbocycles. The zero-order valence-corrected chi connectivity index (χ0v) is 20.7. The van der Waals surface area contributed by atoms with E-state index in [2.05, 4.69) is 97.1 Å². The van der Waals surface area contributed by atoms with Crippen LogP contribution in [-0.4, -0.2) is 0 Å². The first kappa shape index (κ1) is 25.0. The number of benzene rings is 4. The van der Waals surface area contributed by atoms with Crippen molar-refractivity contribution >= 4 is 0 Å². The molecule has 0 saturated heterocycles. The van der Waals surface area contributed by atoms with E-state index in [1.807, 2.05) is 24.3 Å². The van der Waals surface area contributed by atoms with Gasteiger partial charge < -0.3 is 0 Å². The Balaban J connectivity index is 1.43. The number of nitrogens with zero attached hydrogens (tertiary/aromatic N) is 2. The van der Waals surface area contributed by atoms with Crippen LogP contribution < -0.4 is 0 Å². The van der Waals surface area contributed by atoms with Crippen LogP contribution in [-0.2, 0) is 12.8 Å². The molecule has 2 heteroatoms. The minimum absolute atomic E-state index is 0.433. The molecule has 36 heavy (non-hydrogen) atoms. The van der Waals surface area contributed by atoms with Crippen LogP contribution in [0.4, 0.5) is 0 Å². The molecule has 178 valence electrons. The zero-order valence-electron chi connectivity index (χ0n) is 20.7. The Hall–Kier alpha value is -4.14. The number of hydrogen-bond donors (Lipinski definition) is 0. The summed E-state index contributed by atoms with van der Waals surface area (Å²) in [5.74, 6) is 0.866. The Morgan fingerprint density at radius 3 is 1.17 bits per heavy atom. The van der Waals surface area contributed by atoms with Gasteiger partial charge in [-0.1, -0.05) is 97.8 Å². The van der Waals surface area contributed by atoms with E-state index in [4.69, 9.17) is 0 Å². The summed E-state index contributed by atoms with van der Waals surface area (Å²) in [5.41, 5.74) is 6.75. The Bertz CT molecular complexity index is 1170. The second-order valence-electron chi connectivity index (χ2n) is 9.53. The van der Waals surface area contributed by atoms with Gasteiger partial charge in [0.25, 0.3) is 0 Å². The Labute approximate surface area is 215 Å². The van der Waals surface area contributed by atoms with Crippen LogP contribution in [0.15, 0.2) is 109 Å². The predicted molar refractivity (Wildman–Crippen MR) is 147 cm³/mol. The van der Waals surface area contributed by atoms with Gasteiger partial charge in [-0.05, 0) is 84.0 Å². The molecule has 0 radical (unpaired) electrons. The first-order valence-corrected chi connectivity index (χ1v) is 12.8. The topological polar surface area (TPSA) is 47.6 Å². The number of hydrogen-bond acceptors (Lipinski definition) is 2. The lowest BCUT2D eigenvalue weighted by molar-refractivity contribution is 0.516. The SMILES string of the molecule is N#Cc1ccc(C(CCCCC(Cc2ccccc2)c2ccc(C#N)cc2)Cc2ccccc2)cc1. The van der Waals surface area contributed by atoms with Crippen LogP contribution in [0, 0.1) is 22.7 Å². The summed E-state index contributed by atoms with van der Waals surface area (Å²) in [7, 11) is 0. The fourth-order valence-corrected chi connectivity index (χ4v) is 5.01. The quantitative estimate of drug-likeness (QED) is 0.208. The van der Waals surface area contributed by atoms with Gasteiger partial charge in [-0.3, -0.25) is 0 Å². The van der Waals surface area contributed by atoms with Gasteiger partial charge in [-0.25, -0.2) is 0 Å². The van der Waals surface area contributed by atoms with E-state index < -0.39 is 0 Å². The normalized spacial score (nSPS) is 12.3. The van der Waals surface area contributed by atoms with E-state index in [-0.39, 0.29) is 0 Å². The standard InChI is InChI=1S/C34H32N2/c35-25-29-15-19-31(20-16-29)33(23-27-9-3-1-4-10-27)13-7-8-14-34(24-28-11-5-2-6-12-28)32-21-17-30(26-36)18-22-32/h1-6,9-12,15-22,33-34H,7-8,13-14,23-24H2. The van der Waals surface area contributed by atoms with Crippen molar-refractivity contribution in [2.75, 3.05) is 0 Å². The average molecular weight is 469 g/mol. The Morgan fingerprint density at radius 2 is 0.833 bits per heavy atom. The molecule has 2 unspecified atom stereocenters. The van der Waals surface area contributed by atoms with Crippen molar-refractivity contribution in [1.29, 1.82) is 10.5 Å². The van der Waals surface area contributed by atoms with E-state index in [9.17, 15) is 10.5 Å². The molecule has 4 rings (SSSR count). The molecule has 0 aliphatic carbocycles. The van der Waals surface area contributed by atoms with E-state index >= 15 is 0 Å². The molecular weight excluding hydrogens is 436 g/mol. The highest BCUT2D eigenvalue weighted by atomic mass is 14.2. The molecule has 0 aliphatic heterocycles. The van der Waals surface area contributed by atoms with Crippen LogP contribution in [0.5, 0.6) is 0 Å². The van der Waals surface area contributed by atoms with Gasteiger partial charge in [-0.2, -0.15) is 10.5 Å². The summed E-state index contributed by atoms with van der Waals surface area (Å²) in [6.07, 6.45) is 6.56. The maximum absolute atomic E-state index is 9.19. The number of nitriles is 2. The molecule has 0 saturated carbocycles. The highest BCUT2D eigenvalue weighted by Crippen LogP contribution is 2.31. The summed E-state index contributed by atoms with van der Waals surface area (Å²) >= 11 is 0. The van der Waals surface area contributed by atoms with E-state index in [0.29, 0.717) is 23.0 Å². The maximum Gasteiger partial charge on any atom is 0.0991 e. The van der Waals surface area contributed by atoms with Gasteiger partial charge in [0.1, 0.15) is 0 Å². The first-order valence-electron chi connectivity index (χ1n) is 12.8. The molecule has 0 aliphatic rings. The number of rotatable bonds is 11. The lowest BCUT2D eigenvalue weighted by atomic mass is 9.84. The highest BCUT2D eigenvalue weighted by Gasteiger charge is 2.16. The smallest absolute Gasteiger partial charge is 0.0991 e. The van der Waals surface area contributed by atoms with Crippen molar-refractivity contribution in [2.45, 2.75) is 50.4 Å². The molecule has 0 fully saturated rings. The van der Waals surface area contributed by atoms with Gasteiger partial charge >= 0.3 is 0 Å². The molecule has 0 N–H and O–H groups in total. The van der Waals surface area contributed by atoms with Gasteiger partial charge in [0.15, 0.2) is 0 Å². The molecular formula is C34H32N2. The molecule has 0 aromatic heterocycles. The van der Waals surface area contributed by atoms with E-state index in [0.717, 1.165) is 38.5 Å². The minimum atomic E-state index is 0.433. The second-order valence-corrected chi connectivity index (χ2v) is 9.53. The number of unbranched alkanes of at least 4 members (excludes halogenated alkanes) is 1. The van der Waals surface area contributed by atoms with Gasteiger partial charge in [0.2, 0.25) is 0 Å². The summed E-state index contributed by atoms with van der Waals surface area (Å²) in [6, 6.07) is 42.1. The van der Waals surface area contributed by atoms with Gasteiger partial charge in [0.05, 0.1) is 23.3 Å². The second kappa shape index (κ2) is 13.1. The Morgan fingerprint density at radius 1 is 0.472 bits per heavy atom. The monoisotopic (exact) mass is 468 g/mol. The van der Waals surface area contributed by atoms with Crippen LogP contribution >= 0.6 is 0 Å². The zero-order chi connectivity index (χ0) is 25.0. The largest absolute Gasteiger partial charge is 0.192 e. The lowest BCUT2D eigenvalue weighted by Crippen LogP contribution is -2.06. The van der Waals surface area contributed by atoms with Crippen molar-refractivity contribution in [3.63, 3.8) is 0 Å². The summed E-state index contributed by atoms with van der Waals surface area (Å²) in [4.78, 5) is 0. The molecule has 2 nitrogen and oxygen atoms in total. The molecule has 0 amide bonds. The van der Waals surface area contributed by atoms with Crippen LogP contribution in [0.1, 0.15) is 70.9 Å². The molecule has 4 aromatic rings. The third-order valence-corrected chi connectivity index (χ3v) is 7.03. The third kappa shape index (κ3) is 7.18. The summed E-state index contributed by atoms with van der Waals surface area (Å²) in [5, 5.41) is 18.4. The first-order chi connectivity index (χ1) is 17.7. The van der Waals surface area contributed by atoms with Crippen LogP contribution in [0.25, 0.3) is 0 Å². The average Bonchev–Trinajstić information content (AvgIpc) is 2.95. The van der Waals surface area contributed by atoms with E-state index in [1.54, 1.807) is 0 Å². The van der Waals surface area contributed by atoms with Crippen molar-refractivity contribution in [1.82, 2.24) is 0 Å². The molecule has 0 heterocycles. The Kier molecular flexibility index (Phi) is 9.07. The van der Waals surface area contributed by atoms with Crippen molar-refractivity contribution < 1.29 is 0 Å². The van der Waals surface area contributed by atoms with Crippen molar-refractivity contribution in [3.05, 3.63) is 143 Å². The van der Waals surface area contributed by atoms with Crippen LogP contribution in [0.2, 0.25) is 0 Å². The van der Waals surface area contributed by atoms with Gasteiger partial charge in [-0.15, -0.1) is 0 Å². The molecule has 0 spiro atoms. The fraction of sp³-hybridized carbons (Fsp3) is 0.235. The summed E-state index contributed by atoms with van der Waals surface area (Å²) in [6.45, 7) is 0. The van der Waals surface area contributed by atoms with Crippen LogP contribution in [0.3, 0.4) is 0 Å². The lowest BCUT2D eigenvalue weighted by Gasteiger charge is -2.20. The highest BCUT2D eigenvalue weighted by molar-refractivity contribution is 5.35. The van der Waals surface area contributed by atoms with Gasteiger partial charge in [0, 0.05) is 0 Å². The van der Waals surface area contributed by atoms with Crippen molar-refractivity contribution in [2.24, 2.45) is 0 Å². The predicted octanol–water partition coefficient (Wildman–Crippen LogP) is 8.34. The third-order valence-electron chi connectivity index (χ3n) is 7.03. The summed E-state index contributed by atoms with van der Waals surface area (Å²) < 4.78 is 0. The molecule has 0 bridgehead atoms. The fourth-order valence-electron chi connectivity index (χ4n) is 5.01. The minimum Gasteiger partial charge on any atom is -0.192 e. The van der Waals surface area contributed by atoms with E-state index in [1.165, 1.54) is 22.3 Å². The van der Waals surface area contributed by atoms with Crippen molar-refractivity contribution in [3.8, 4) is 12.1 Å².